The highest BCUT2D eigenvalue weighted by Gasteiger charge is 2.23. The fourth-order valence-electron chi connectivity index (χ4n) is 3.49. The van der Waals surface area contributed by atoms with Crippen LogP contribution >= 0.6 is 0 Å². The van der Waals surface area contributed by atoms with Crippen LogP contribution < -0.4 is 0 Å². The van der Waals surface area contributed by atoms with Crippen LogP contribution in [-0.4, -0.2) is 38.7 Å². The summed E-state index contributed by atoms with van der Waals surface area (Å²) in [5, 5.41) is 4.15. The molecule has 2 aromatic heterocycles. The second-order valence-corrected chi connectivity index (χ2v) is 6.78. The van der Waals surface area contributed by atoms with Crippen LogP contribution in [0.3, 0.4) is 0 Å². The first kappa shape index (κ1) is 16.7. The highest BCUT2D eigenvalue weighted by atomic mass is 16.2. The van der Waals surface area contributed by atoms with Gasteiger partial charge in [-0.15, -0.1) is 0 Å². The van der Waals surface area contributed by atoms with E-state index in [-0.39, 0.29) is 5.91 Å². The molecule has 3 rings (SSSR count). The number of rotatable bonds is 5. The van der Waals surface area contributed by atoms with Gasteiger partial charge in [-0.1, -0.05) is 0 Å². The van der Waals surface area contributed by atoms with Crippen molar-refractivity contribution in [1.29, 1.82) is 0 Å². The van der Waals surface area contributed by atoms with Gasteiger partial charge >= 0.3 is 0 Å². The molecule has 1 saturated heterocycles. The quantitative estimate of drug-likeness (QED) is 0.848. The summed E-state index contributed by atoms with van der Waals surface area (Å²) in [6.45, 7) is 3.81. The minimum absolute atomic E-state index is 0.273. The molecule has 2 aromatic rings. The minimum Gasteiger partial charge on any atom is -0.343 e. The van der Waals surface area contributed by atoms with Gasteiger partial charge in [0.1, 0.15) is 0 Å². The molecule has 0 unspecified atom stereocenters. The van der Waals surface area contributed by atoms with Crippen molar-refractivity contribution in [3.63, 3.8) is 0 Å². The largest absolute Gasteiger partial charge is 0.343 e. The van der Waals surface area contributed by atoms with Crippen LogP contribution in [0.1, 0.15) is 36.2 Å². The van der Waals surface area contributed by atoms with Gasteiger partial charge in [0.05, 0.1) is 0 Å². The lowest BCUT2D eigenvalue weighted by molar-refractivity contribution is -0.132. The van der Waals surface area contributed by atoms with E-state index in [1.165, 1.54) is 5.56 Å². The molecule has 0 atom stereocenters. The van der Waals surface area contributed by atoms with Gasteiger partial charge in [-0.25, -0.2) is 0 Å². The zero-order valence-corrected chi connectivity index (χ0v) is 14.6. The molecule has 0 N–H and O–H groups in total. The third-order valence-corrected chi connectivity index (χ3v) is 4.97. The van der Waals surface area contributed by atoms with Gasteiger partial charge in [0.25, 0.3) is 0 Å². The lowest BCUT2D eigenvalue weighted by Crippen LogP contribution is -2.39. The second-order valence-electron chi connectivity index (χ2n) is 6.78. The van der Waals surface area contributed by atoms with Crippen molar-refractivity contribution in [2.75, 3.05) is 13.1 Å². The first-order valence-electron chi connectivity index (χ1n) is 8.78. The molecule has 5 heteroatoms. The van der Waals surface area contributed by atoms with Gasteiger partial charge < -0.3 is 4.90 Å². The topological polar surface area (TPSA) is 51.0 Å². The van der Waals surface area contributed by atoms with Crippen LogP contribution in [0.4, 0.5) is 0 Å². The Hall–Kier alpha value is -2.17. The van der Waals surface area contributed by atoms with Gasteiger partial charge in [0.15, 0.2) is 0 Å². The summed E-state index contributed by atoms with van der Waals surface area (Å²) in [6, 6.07) is 6.26. The summed E-state index contributed by atoms with van der Waals surface area (Å²) in [5.74, 6) is 0.947. The molecule has 1 aliphatic heterocycles. The number of piperidine rings is 1. The normalized spacial score (nSPS) is 15.7. The number of aromatic nitrogens is 3. The molecule has 0 aromatic carbocycles. The lowest BCUT2D eigenvalue weighted by atomic mass is 9.90. The van der Waals surface area contributed by atoms with Crippen molar-refractivity contribution in [1.82, 2.24) is 19.7 Å². The van der Waals surface area contributed by atoms with Crippen LogP contribution in [0, 0.1) is 12.8 Å². The first-order valence-corrected chi connectivity index (χ1v) is 8.78. The van der Waals surface area contributed by atoms with Gasteiger partial charge in [-0.3, -0.25) is 14.5 Å². The maximum absolute atomic E-state index is 12.4. The monoisotopic (exact) mass is 326 g/mol. The van der Waals surface area contributed by atoms with E-state index in [2.05, 4.69) is 22.2 Å². The standard InChI is InChI=1S/C19H26N4O/c1-15-13-17(5-9-20-15)14-16-7-11-23(12-8-16)19(24)4-3-18-6-10-21-22(18)2/h5-6,9-10,13,16H,3-4,7-8,11-12,14H2,1-2H3. The van der Waals surface area contributed by atoms with E-state index in [1.807, 2.05) is 35.8 Å². The fraction of sp³-hybridized carbons (Fsp3) is 0.526. The predicted octanol–water partition coefficient (Wildman–Crippen LogP) is 2.54. The van der Waals surface area contributed by atoms with Crippen molar-refractivity contribution < 1.29 is 4.79 Å². The summed E-state index contributed by atoms with van der Waals surface area (Å²) < 4.78 is 1.84. The highest BCUT2D eigenvalue weighted by molar-refractivity contribution is 5.76. The van der Waals surface area contributed by atoms with Crippen molar-refractivity contribution in [3.8, 4) is 0 Å². The predicted molar refractivity (Wildman–Crippen MR) is 93.5 cm³/mol. The molecule has 5 nitrogen and oxygen atoms in total. The maximum atomic E-state index is 12.4. The molecule has 0 bridgehead atoms. The Balaban J connectivity index is 1.44. The smallest absolute Gasteiger partial charge is 0.222 e. The SMILES string of the molecule is Cc1cc(CC2CCN(C(=O)CCc3ccnn3C)CC2)ccn1. The average molecular weight is 326 g/mol. The molecule has 0 aliphatic carbocycles. The number of aryl methyl sites for hydroxylation is 3. The number of carbonyl (C=O) groups excluding carboxylic acids is 1. The number of hydrogen-bond acceptors (Lipinski definition) is 3. The van der Waals surface area contributed by atoms with Gasteiger partial charge in [-0.2, -0.15) is 5.10 Å². The van der Waals surface area contributed by atoms with E-state index in [0.717, 1.165) is 50.2 Å². The number of nitrogens with zero attached hydrogens (tertiary/aromatic N) is 4. The second kappa shape index (κ2) is 7.60. The van der Waals surface area contributed by atoms with Crippen LogP contribution in [-0.2, 0) is 24.7 Å². The number of carbonyl (C=O) groups is 1. The zero-order valence-electron chi connectivity index (χ0n) is 14.6. The van der Waals surface area contributed by atoms with E-state index in [9.17, 15) is 4.79 Å². The summed E-state index contributed by atoms with van der Waals surface area (Å²) >= 11 is 0. The number of likely N-dealkylation sites (tertiary alicyclic amines) is 1. The zero-order chi connectivity index (χ0) is 16.9. The Morgan fingerprint density at radius 2 is 2.04 bits per heavy atom. The van der Waals surface area contributed by atoms with E-state index >= 15 is 0 Å². The summed E-state index contributed by atoms with van der Waals surface area (Å²) in [6.07, 6.45) is 8.31. The highest BCUT2D eigenvalue weighted by Crippen LogP contribution is 2.22. The molecule has 128 valence electrons. The maximum Gasteiger partial charge on any atom is 0.222 e. The summed E-state index contributed by atoms with van der Waals surface area (Å²) in [4.78, 5) is 18.7. The molecule has 0 spiro atoms. The Kier molecular flexibility index (Phi) is 5.28. The van der Waals surface area contributed by atoms with Crippen LogP contribution in [0.5, 0.6) is 0 Å². The molecule has 1 fully saturated rings. The molecule has 0 radical (unpaired) electrons. The minimum atomic E-state index is 0.273. The Labute approximate surface area is 143 Å². The molecular weight excluding hydrogens is 300 g/mol. The van der Waals surface area contributed by atoms with Crippen LogP contribution in [0.25, 0.3) is 0 Å². The van der Waals surface area contributed by atoms with E-state index in [4.69, 9.17) is 0 Å². The molecular formula is C19H26N4O. The summed E-state index contributed by atoms with van der Waals surface area (Å²) in [7, 11) is 1.92. The van der Waals surface area contributed by atoms with E-state index in [0.29, 0.717) is 12.3 Å². The Morgan fingerprint density at radius 1 is 1.25 bits per heavy atom. The van der Waals surface area contributed by atoms with E-state index in [1.54, 1.807) is 6.20 Å². The van der Waals surface area contributed by atoms with Gasteiger partial charge in [-0.05, 0) is 62.3 Å². The molecule has 3 heterocycles. The molecule has 1 amide bonds. The van der Waals surface area contributed by atoms with Gasteiger partial charge in [0.2, 0.25) is 5.91 Å². The van der Waals surface area contributed by atoms with Crippen LogP contribution in [0.2, 0.25) is 0 Å². The lowest BCUT2D eigenvalue weighted by Gasteiger charge is -2.32. The van der Waals surface area contributed by atoms with Crippen LogP contribution in [0.15, 0.2) is 30.6 Å². The van der Waals surface area contributed by atoms with Crippen molar-refractivity contribution in [3.05, 3.63) is 47.5 Å². The third-order valence-electron chi connectivity index (χ3n) is 4.97. The number of amides is 1. The molecule has 1 aliphatic rings. The third kappa shape index (κ3) is 4.22. The fourth-order valence-corrected chi connectivity index (χ4v) is 3.49. The molecule has 24 heavy (non-hydrogen) atoms. The summed E-state index contributed by atoms with van der Waals surface area (Å²) in [5.41, 5.74) is 3.56. The van der Waals surface area contributed by atoms with Gasteiger partial charge in [0, 0.05) is 50.3 Å². The number of pyridine rings is 1. The van der Waals surface area contributed by atoms with Crippen molar-refractivity contribution >= 4 is 5.91 Å². The van der Waals surface area contributed by atoms with Crippen molar-refractivity contribution in [2.45, 2.75) is 39.0 Å². The average Bonchev–Trinajstić information content (AvgIpc) is 2.98. The first-order chi connectivity index (χ1) is 11.6. The number of hydrogen-bond donors (Lipinski definition) is 0. The van der Waals surface area contributed by atoms with E-state index < -0.39 is 0 Å². The Bertz CT molecular complexity index is 686. The van der Waals surface area contributed by atoms with Crippen molar-refractivity contribution in [2.24, 2.45) is 13.0 Å². The molecule has 0 saturated carbocycles. The Morgan fingerprint density at radius 3 is 2.71 bits per heavy atom.